The summed E-state index contributed by atoms with van der Waals surface area (Å²) >= 11 is 6.18. The molecule has 2 unspecified atom stereocenters. The molecule has 0 spiro atoms. The summed E-state index contributed by atoms with van der Waals surface area (Å²) in [5.74, 6) is 0.839. The van der Waals surface area contributed by atoms with E-state index in [1.807, 2.05) is 24.4 Å². The van der Waals surface area contributed by atoms with Gasteiger partial charge < -0.3 is 25.3 Å². The number of carbonyl (C=O) groups excluding carboxylic acids is 2. The minimum absolute atomic E-state index is 0.0449. The van der Waals surface area contributed by atoms with Gasteiger partial charge in [0.25, 0.3) is 0 Å². The number of benzene rings is 1. The monoisotopic (exact) mass is 837 g/mol. The molecular formula is C38H44ClN9O7S2. The van der Waals surface area contributed by atoms with E-state index in [2.05, 4.69) is 45.5 Å². The second kappa shape index (κ2) is 16.9. The molecule has 0 bridgehead atoms. The fraction of sp³-hybridized carbons (Fsp3) is 0.447. The first-order valence-electron chi connectivity index (χ1n) is 18.8. The Morgan fingerprint density at radius 1 is 0.807 bits per heavy atom. The molecule has 2 aliphatic carbocycles. The summed E-state index contributed by atoms with van der Waals surface area (Å²) in [6, 6.07) is 5.87. The highest BCUT2D eigenvalue weighted by Gasteiger charge is 2.30. The van der Waals surface area contributed by atoms with Crippen LogP contribution in [0.3, 0.4) is 0 Å². The van der Waals surface area contributed by atoms with Gasteiger partial charge in [-0.1, -0.05) is 17.7 Å². The summed E-state index contributed by atoms with van der Waals surface area (Å²) in [5, 5.41) is 7.71. The van der Waals surface area contributed by atoms with E-state index >= 15 is 0 Å². The zero-order valence-electron chi connectivity index (χ0n) is 31.6. The predicted octanol–water partition coefficient (Wildman–Crippen LogP) is 3.61. The Labute approximate surface area is 334 Å². The van der Waals surface area contributed by atoms with Gasteiger partial charge in [0, 0.05) is 60.6 Å². The average molecular weight is 838 g/mol. The van der Waals surface area contributed by atoms with Crippen molar-refractivity contribution in [3.05, 3.63) is 69.6 Å². The van der Waals surface area contributed by atoms with Crippen LogP contribution in [-0.2, 0) is 61.5 Å². The first kappa shape index (κ1) is 40.3. The number of nitrogens with one attached hydrogen (secondary N) is 4. The number of aromatic nitrogens is 6. The van der Waals surface area contributed by atoms with E-state index in [9.17, 15) is 26.4 Å². The van der Waals surface area contributed by atoms with Crippen LogP contribution in [0.4, 0.5) is 0 Å². The van der Waals surface area contributed by atoms with E-state index in [0.717, 1.165) is 58.1 Å². The van der Waals surface area contributed by atoms with E-state index in [1.165, 1.54) is 30.7 Å². The number of fused-ring (bicyclic) bond motifs is 7. The third kappa shape index (κ3) is 9.79. The molecule has 0 fully saturated rings. The van der Waals surface area contributed by atoms with Crippen molar-refractivity contribution < 1.29 is 31.2 Å². The first-order chi connectivity index (χ1) is 27.2. The van der Waals surface area contributed by atoms with Gasteiger partial charge in [0.1, 0.15) is 54.5 Å². The number of hydrogen-bond acceptors (Lipinski definition) is 12. The summed E-state index contributed by atoms with van der Waals surface area (Å²) in [4.78, 5) is 52.9. The van der Waals surface area contributed by atoms with Crippen LogP contribution in [0.25, 0.3) is 22.1 Å². The number of nitrogens with zero attached hydrogens (tertiary/aromatic N) is 5. The number of carbonyl (C=O) groups is 2. The Morgan fingerprint density at radius 3 is 1.96 bits per heavy atom. The molecule has 3 aliphatic rings. The van der Waals surface area contributed by atoms with Crippen LogP contribution >= 0.6 is 11.6 Å². The smallest absolute Gasteiger partial charge is 0.232 e. The van der Waals surface area contributed by atoms with Gasteiger partial charge in [0.05, 0.1) is 28.8 Å². The van der Waals surface area contributed by atoms with Crippen molar-refractivity contribution in [2.45, 2.75) is 57.9 Å². The number of aryl methyl sites for hydroxylation is 2. The lowest BCUT2D eigenvalue weighted by atomic mass is 9.86. The van der Waals surface area contributed by atoms with Crippen molar-refractivity contribution >= 4 is 71.4 Å². The number of rotatable bonds is 12. The van der Waals surface area contributed by atoms with Crippen molar-refractivity contribution in [3.8, 4) is 11.6 Å². The van der Waals surface area contributed by atoms with Crippen LogP contribution < -0.4 is 15.4 Å². The van der Waals surface area contributed by atoms with Crippen molar-refractivity contribution in [2.24, 2.45) is 16.8 Å². The maximum Gasteiger partial charge on any atom is 0.232 e. The van der Waals surface area contributed by atoms with Crippen molar-refractivity contribution in [3.63, 3.8) is 0 Å². The highest BCUT2D eigenvalue weighted by atomic mass is 35.5. The van der Waals surface area contributed by atoms with Crippen molar-refractivity contribution in [2.75, 3.05) is 37.1 Å². The molecule has 0 radical (unpaired) electrons. The maximum atomic E-state index is 12.7. The summed E-state index contributed by atoms with van der Waals surface area (Å²) in [7, 11) is -6.02. The largest absolute Gasteiger partial charge is 0.438 e. The number of H-pyrrole nitrogens is 2. The maximum absolute atomic E-state index is 12.7. The molecule has 8 rings (SSSR count). The molecule has 1 aromatic carbocycles. The van der Waals surface area contributed by atoms with E-state index in [4.69, 9.17) is 16.3 Å². The number of aliphatic imine (C=N–C) groups is 1. The first-order valence-corrected chi connectivity index (χ1v) is 23.3. The highest BCUT2D eigenvalue weighted by molar-refractivity contribution is 7.90. The van der Waals surface area contributed by atoms with Crippen LogP contribution in [0.2, 0.25) is 5.15 Å². The summed E-state index contributed by atoms with van der Waals surface area (Å²) in [6.45, 7) is 1.41. The topological polar surface area (TPSA) is 231 Å². The van der Waals surface area contributed by atoms with Crippen LogP contribution in [0.15, 0.2) is 35.8 Å². The molecule has 4 aromatic heterocycles. The Kier molecular flexibility index (Phi) is 11.9. The van der Waals surface area contributed by atoms with Crippen LogP contribution in [-0.4, -0.2) is 102 Å². The molecule has 5 aromatic rings. The molecular weight excluding hydrogens is 794 g/mol. The average Bonchev–Trinajstić information content (AvgIpc) is 3.89. The van der Waals surface area contributed by atoms with E-state index in [1.54, 1.807) is 0 Å². The molecule has 0 saturated carbocycles. The number of ether oxygens (including phenoxy) is 1. The minimum atomic E-state index is -3.03. The molecule has 2 amide bonds. The zero-order valence-corrected chi connectivity index (χ0v) is 34.0. The molecule has 57 heavy (non-hydrogen) atoms. The van der Waals surface area contributed by atoms with Crippen molar-refractivity contribution in [1.29, 1.82) is 0 Å². The van der Waals surface area contributed by atoms with E-state index < -0.39 is 19.7 Å². The summed E-state index contributed by atoms with van der Waals surface area (Å²) in [5.41, 5.74) is 7.74. The molecule has 19 heteroatoms. The summed E-state index contributed by atoms with van der Waals surface area (Å²) < 4.78 is 50.9. The Morgan fingerprint density at radius 2 is 1.37 bits per heavy atom. The second-order valence-corrected chi connectivity index (χ2v) is 19.7. The highest BCUT2D eigenvalue weighted by Crippen LogP contribution is 2.37. The van der Waals surface area contributed by atoms with Crippen LogP contribution in [0, 0.1) is 11.8 Å². The van der Waals surface area contributed by atoms with Gasteiger partial charge in [-0.25, -0.2) is 36.8 Å². The predicted molar refractivity (Wildman–Crippen MR) is 216 cm³/mol. The Bertz CT molecular complexity index is 2590. The molecule has 5 heterocycles. The fourth-order valence-corrected chi connectivity index (χ4v) is 9.16. The SMILES string of the molecule is CS(=O)(=O)CCCNC(=O)C1CCc2[nH]c3ncnc(Cl)c3c2C1.CS(=O)(=O)CCCNC(=O)C1CCc2[nH]c3ncnc(Oc4ccc5c(c4)C=NC5)c3c2C1. The number of aromatic amines is 2. The molecule has 1 aliphatic heterocycles. The molecule has 0 saturated heterocycles. The lowest BCUT2D eigenvalue weighted by Gasteiger charge is -2.22. The lowest BCUT2D eigenvalue weighted by Crippen LogP contribution is -2.35. The van der Waals surface area contributed by atoms with Gasteiger partial charge in [0.15, 0.2) is 0 Å². The molecule has 16 nitrogen and oxygen atoms in total. The number of hydrogen-bond donors (Lipinski definition) is 4. The zero-order chi connectivity index (χ0) is 40.3. The number of amides is 2. The van der Waals surface area contributed by atoms with Gasteiger partial charge >= 0.3 is 0 Å². The van der Waals surface area contributed by atoms with Gasteiger partial charge in [-0.15, -0.1) is 0 Å². The summed E-state index contributed by atoms with van der Waals surface area (Å²) in [6.07, 6.45) is 12.0. The third-order valence-electron chi connectivity index (χ3n) is 10.4. The number of sulfone groups is 2. The van der Waals surface area contributed by atoms with Gasteiger partial charge in [0.2, 0.25) is 17.7 Å². The Balaban J connectivity index is 0.000000183. The Hall–Kier alpha value is -4.94. The molecule has 2 atom stereocenters. The van der Waals surface area contributed by atoms with Gasteiger partial charge in [-0.2, -0.15) is 0 Å². The van der Waals surface area contributed by atoms with Gasteiger partial charge in [-0.05, 0) is 80.2 Å². The van der Waals surface area contributed by atoms with E-state index in [-0.39, 0.29) is 35.2 Å². The quantitative estimate of drug-likeness (QED) is 0.105. The normalized spacial score (nSPS) is 17.3. The molecule has 302 valence electrons. The molecule has 4 N–H and O–H groups in total. The van der Waals surface area contributed by atoms with Gasteiger partial charge in [-0.3, -0.25) is 14.6 Å². The third-order valence-corrected chi connectivity index (χ3v) is 12.8. The number of halogens is 1. The minimum Gasteiger partial charge on any atom is -0.438 e. The van der Waals surface area contributed by atoms with Crippen molar-refractivity contribution in [1.82, 2.24) is 40.5 Å². The van der Waals surface area contributed by atoms with E-state index in [0.29, 0.717) is 79.8 Å². The fourth-order valence-electron chi connectivity index (χ4n) is 7.57. The second-order valence-electron chi connectivity index (χ2n) is 14.8. The van der Waals surface area contributed by atoms with Crippen LogP contribution in [0.5, 0.6) is 11.6 Å². The van der Waals surface area contributed by atoms with Crippen LogP contribution in [0.1, 0.15) is 59.3 Å². The standard InChI is InChI=1S/C23H25N5O4S.C15H19ClN4O3S/c1-33(30,31)8-2-7-25-22(29)14-4-6-19-18(10-14)20-21(28-19)26-13-27-23(20)32-17-5-3-15-11-24-12-16(15)9-17;1-24(22,23)6-2-5-17-15(21)9-3-4-11-10(7-9)12-13(16)18-8-19-14(12)20-11/h3,5,9,12-14H,2,4,6-8,10-11H2,1H3,(H,25,29)(H,26,27,28);8-9H,2-7H2,1H3,(H,17,21)(H,18,19,20). The lowest BCUT2D eigenvalue weighted by molar-refractivity contribution is -0.126.